The Balaban J connectivity index is 2.21. The van der Waals surface area contributed by atoms with Crippen LogP contribution in [0.5, 0.6) is 5.75 Å². The Hall–Kier alpha value is -2.82. The number of carboxylic acids is 1. The Bertz CT molecular complexity index is 662. The Kier molecular flexibility index (Phi) is 3.70. The van der Waals surface area contributed by atoms with Gasteiger partial charge >= 0.3 is 5.97 Å². The maximum Gasteiger partial charge on any atom is 0.339 e. The number of phenols is 1. The molecule has 0 unspecified atom stereocenters. The first-order valence-corrected chi connectivity index (χ1v) is 5.91. The minimum absolute atomic E-state index is 0.258. The highest BCUT2D eigenvalue weighted by Gasteiger charge is 2.12. The number of carbonyl (C=O) groups excluding carboxylic acids is 1. The number of aromatic hydroxyl groups is 1. The van der Waals surface area contributed by atoms with Crippen LogP contribution in [-0.2, 0) is 0 Å². The first-order valence-electron chi connectivity index (χ1n) is 5.91. The normalized spacial score (nSPS) is 10.1. The molecule has 0 atom stereocenters. The van der Waals surface area contributed by atoms with Gasteiger partial charge < -0.3 is 15.5 Å². The molecular weight excluding hydrogens is 258 g/mol. The Labute approximate surface area is 115 Å². The van der Waals surface area contributed by atoms with E-state index in [1.54, 1.807) is 12.1 Å². The van der Waals surface area contributed by atoms with Gasteiger partial charge in [-0.3, -0.25) is 4.79 Å². The molecule has 0 saturated heterocycles. The average Bonchev–Trinajstić information content (AvgIpc) is 2.41. The predicted molar refractivity (Wildman–Crippen MR) is 74.2 cm³/mol. The molecular formula is C15H13NO4. The van der Waals surface area contributed by atoms with Crippen molar-refractivity contribution in [3.8, 4) is 5.75 Å². The summed E-state index contributed by atoms with van der Waals surface area (Å²) in [6, 6.07) is 10.9. The van der Waals surface area contributed by atoms with Crippen LogP contribution in [0.4, 0.5) is 5.69 Å². The van der Waals surface area contributed by atoms with Crippen molar-refractivity contribution in [1.82, 2.24) is 0 Å². The van der Waals surface area contributed by atoms with Crippen LogP contribution in [0, 0.1) is 6.92 Å². The van der Waals surface area contributed by atoms with Crippen molar-refractivity contribution in [2.45, 2.75) is 6.92 Å². The quantitative estimate of drug-likeness (QED) is 0.749. The highest BCUT2D eigenvalue weighted by Crippen LogP contribution is 2.21. The van der Waals surface area contributed by atoms with E-state index >= 15 is 0 Å². The van der Waals surface area contributed by atoms with Gasteiger partial charge in [-0.05, 0) is 37.3 Å². The molecule has 2 aromatic carbocycles. The van der Waals surface area contributed by atoms with Gasteiger partial charge in [-0.1, -0.05) is 17.7 Å². The minimum Gasteiger partial charge on any atom is -0.507 e. The second-order valence-corrected chi connectivity index (χ2v) is 4.36. The molecule has 0 fully saturated rings. The third-order valence-electron chi connectivity index (χ3n) is 2.80. The number of amides is 1. The number of carbonyl (C=O) groups is 2. The fourth-order valence-corrected chi connectivity index (χ4v) is 1.69. The van der Waals surface area contributed by atoms with Crippen molar-refractivity contribution >= 4 is 17.6 Å². The predicted octanol–water partition coefficient (Wildman–Crippen LogP) is 2.65. The molecule has 102 valence electrons. The van der Waals surface area contributed by atoms with Crippen molar-refractivity contribution in [1.29, 1.82) is 0 Å². The molecule has 5 heteroatoms. The van der Waals surface area contributed by atoms with Crippen LogP contribution in [-0.4, -0.2) is 22.1 Å². The fraction of sp³-hybridized carbons (Fsp3) is 0.0667. The molecule has 0 aromatic heterocycles. The van der Waals surface area contributed by atoms with Gasteiger partial charge in [0.25, 0.3) is 5.91 Å². The van der Waals surface area contributed by atoms with E-state index in [0.717, 1.165) is 5.56 Å². The zero-order chi connectivity index (χ0) is 14.7. The van der Waals surface area contributed by atoms with Gasteiger partial charge in [0.05, 0.1) is 0 Å². The van der Waals surface area contributed by atoms with E-state index in [2.05, 4.69) is 5.32 Å². The molecule has 0 aliphatic heterocycles. The molecule has 0 aliphatic carbocycles. The Morgan fingerprint density at radius 1 is 1.05 bits per heavy atom. The Morgan fingerprint density at radius 2 is 1.70 bits per heavy atom. The number of hydrogen-bond donors (Lipinski definition) is 3. The summed E-state index contributed by atoms with van der Waals surface area (Å²) in [6.07, 6.45) is 0. The summed E-state index contributed by atoms with van der Waals surface area (Å²) in [5.74, 6) is -1.94. The fourth-order valence-electron chi connectivity index (χ4n) is 1.69. The molecule has 0 spiro atoms. The molecule has 3 N–H and O–H groups in total. The van der Waals surface area contributed by atoms with Gasteiger partial charge in [-0.15, -0.1) is 0 Å². The minimum atomic E-state index is -1.26. The number of anilines is 1. The molecule has 2 rings (SSSR count). The van der Waals surface area contributed by atoms with Gasteiger partial charge in [0.15, 0.2) is 0 Å². The van der Waals surface area contributed by atoms with E-state index in [4.69, 9.17) is 5.11 Å². The lowest BCUT2D eigenvalue weighted by atomic mass is 10.1. The number of nitrogens with one attached hydrogen (secondary N) is 1. The summed E-state index contributed by atoms with van der Waals surface area (Å²) in [7, 11) is 0. The van der Waals surface area contributed by atoms with Crippen molar-refractivity contribution in [3.63, 3.8) is 0 Å². The molecule has 0 radical (unpaired) electrons. The molecule has 20 heavy (non-hydrogen) atoms. The SMILES string of the molecule is Cc1ccc(C(=O)Nc2ccc(O)c(C(=O)O)c2)cc1. The zero-order valence-corrected chi connectivity index (χ0v) is 10.8. The van der Waals surface area contributed by atoms with Crippen molar-refractivity contribution < 1.29 is 19.8 Å². The summed E-state index contributed by atoms with van der Waals surface area (Å²) in [5.41, 5.74) is 1.57. The van der Waals surface area contributed by atoms with Gasteiger partial charge in [0.1, 0.15) is 11.3 Å². The van der Waals surface area contributed by atoms with Crippen LogP contribution < -0.4 is 5.32 Å². The van der Waals surface area contributed by atoms with Crippen LogP contribution in [0.2, 0.25) is 0 Å². The first kappa shape index (κ1) is 13.6. The van der Waals surface area contributed by atoms with Gasteiger partial charge in [0.2, 0.25) is 0 Å². The molecule has 0 saturated carbocycles. The van der Waals surface area contributed by atoms with Crippen LogP contribution in [0.3, 0.4) is 0 Å². The third-order valence-corrected chi connectivity index (χ3v) is 2.80. The smallest absolute Gasteiger partial charge is 0.339 e. The largest absolute Gasteiger partial charge is 0.507 e. The second-order valence-electron chi connectivity index (χ2n) is 4.36. The average molecular weight is 271 g/mol. The van der Waals surface area contributed by atoms with E-state index < -0.39 is 5.97 Å². The molecule has 1 amide bonds. The number of rotatable bonds is 3. The van der Waals surface area contributed by atoms with E-state index in [1.165, 1.54) is 18.2 Å². The molecule has 2 aromatic rings. The zero-order valence-electron chi connectivity index (χ0n) is 10.8. The molecule has 0 heterocycles. The number of carboxylic acid groups (broad SMARTS) is 1. The van der Waals surface area contributed by atoms with Crippen LogP contribution >= 0.6 is 0 Å². The Morgan fingerprint density at radius 3 is 2.30 bits per heavy atom. The van der Waals surface area contributed by atoms with E-state index in [9.17, 15) is 14.7 Å². The maximum atomic E-state index is 12.0. The van der Waals surface area contributed by atoms with E-state index in [1.807, 2.05) is 19.1 Å². The number of hydrogen-bond acceptors (Lipinski definition) is 3. The molecule has 0 aliphatic rings. The second kappa shape index (κ2) is 5.44. The first-order chi connectivity index (χ1) is 9.47. The summed E-state index contributed by atoms with van der Waals surface area (Å²) in [6.45, 7) is 1.92. The maximum absolute atomic E-state index is 12.0. The lowest BCUT2D eigenvalue weighted by molar-refractivity contribution is 0.0693. The lowest BCUT2D eigenvalue weighted by Gasteiger charge is -2.07. The van der Waals surface area contributed by atoms with Gasteiger partial charge in [-0.2, -0.15) is 0 Å². The summed E-state index contributed by atoms with van der Waals surface area (Å²) in [4.78, 5) is 22.9. The molecule has 0 bridgehead atoms. The standard InChI is InChI=1S/C15H13NO4/c1-9-2-4-10(5-3-9)14(18)16-11-6-7-13(17)12(8-11)15(19)20/h2-8,17H,1H3,(H,16,18)(H,19,20). The van der Waals surface area contributed by atoms with E-state index in [-0.39, 0.29) is 17.2 Å². The van der Waals surface area contributed by atoms with Gasteiger partial charge in [-0.25, -0.2) is 4.79 Å². The number of benzene rings is 2. The van der Waals surface area contributed by atoms with Crippen molar-refractivity contribution in [2.75, 3.05) is 5.32 Å². The monoisotopic (exact) mass is 271 g/mol. The van der Waals surface area contributed by atoms with Crippen LogP contribution in [0.25, 0.3) is 0 Å². The highest BCUT2D eigenvalue weighted by molar-refractivity contribution is 6.05. The number of aryl methyl sites for hydroxylation is 1. The number of aromatic carboxylic acids is 1. The highest BCUT2D eigenvalue weighted by atomic mass is 16.4. The third kappa shape index (κ3) is 2.95. The molecule has 5 nitrogen and oxygen atoms in total. The summed E-state index contributed by atoms with van der Waals surface area (Å²) in [5, 5.41) is 20.9. The summed E-state index contributed by atoms with van der Waals surface area (Å²) < 4.78 is 0. The van der Waals surface area contributed by atoms with Gasteiger partial charge in [0, 0.05) is 11.3 Å². The lowest BCUT2D eigenvalue weighted by Crippen LogP contribution is -2.12. The van der Waals surface area contributed by atoms with E-state index in [0.29, 0.717) is 11.3 Å². The topological polar surface area (TPSA) is 86.6 Å². The summed E-state index contributed by atoms with van der Waals surface area (Å²) >= 11 is 0. The van der Waals surface area contributed by atoms with Crippen LogP contribution in [0.1, 0.15) is 26.3 Å². The van der Waals surface area contributed by atoms with Crippen LogP contribution in [0.15, 0.2) is 42.5 Å². The van der Waals surface area contributed by atoms with Crippen molar-refractivity contribution in [2.24, 2.45) is 0 Å². The van der Waals surface area contributed by atoms with Crippen molar-refractivity contribution in [3.05, 3.63) is 59.2 Å².